The average molecular weight is 619 g/mol. The highest BCUT2D eigenvalue weighted by Gasteiger charge is 2.21. The van der Waals surface area contributed by atoms with Crippen molar-refractivity contribution in [3.05, 3.63) is 180 Å². The summed E-state index contributed by atoms with van der Waals surface area (Å²) in [6.45, 7) is 11.7. The van der Waals surface area contributed by atoms with Crippen LogP contribution in [0.4, 0.5) is 0 Å². The number of benzene rings is 6. The molecular weight excluding hydrogens is 585 g/mol. The van der Waals surface area contributed by atoms with Crippen LogP contribution in [0.5, 0.6) is 0 Å². The molecule has 2 heterocycles. The number of nitrogens with zero attached hydrogens (tertiary/aromatic N) is 2. The lowest BCUT2D eigenvalue weighted by molar-refractivity contribution is 1.19. The number of fused-ring (bicyclic) bond motifs is 4. The number of rotatable bonds is 9. The molecule has 0 saturated carbocycles. The van der Waals surface area contributed by atoms with Crippen LogP contribution in [0.2, 0.25) is 0 Å². The van der Waals surface area contributed by atoms with Crippen LogP contribution < -0.4 is 5.56 Å². The predicted molar refractivity (Wildman–Crippen MR) is 203 cm³/mol. The lowest BCUT2D eigenvalue weighted by atomic mass is 9.93. The van der Waals surface area contributed by atoms with Gasteiger partial charge in [-0.15, -0.1) is 19.7 Å². The first-order valence-electron chi connectivity index (χ1n) is 16.4. The zero-order valence-corrected chi connectivity index (χ0v) is 26.7. The molecule has 0 spiro atoms. The van der Waals surface area contributed by atoms with E-state index in [0.29, 0.717) is 11.0 Å². The van der Waals surface area contributed by atoms with E-state index in [2.05, 4.69) is 129 Å². The van der Waals surface area contributed by atoms with Crippen molar-refractivity contribution in [3.63, 3.8) is 0 Å². The van der Waals surface area contributed by atoms with Gasteiger partial charge in [0.05, 0.1) is 11.0 Å². The van der Waals surface area contributed by atoms with Crippen molar-refractivity contribution in [1.29, 1.82) is 0 Å². The second-order valence-electron chi connectivity index (χ2n) is 12.4. The van der Waals surface area contributed by atoms with Crippen molar-refractivity contribution in [2.24, 2.45) is 0 Å². The summed E-state index contributed by atoms with van der Waals surface area (Å²) < 4.78 is 1.82. The second kappa shape index (κ2) is 11.9. The van der Waals surface area contributed by atoms with E-state index in [4.69, 9.17) is 4.98 Å². The van der Waals surface area contributed by atoms with E-state index in [0.717, 1.165) is 79.8 Å². The van der Waals surface area contributed by atoms with Gasteiger partial charge in [-0.2, -0.15) is 0 Å². The van der Waals surface area contributed by atoms with Crippen LogP contribution in [0.3, 0.4) is 0 Å². The molecule has 0 N–H and O–H groups in total. The van der Waals surface area contributed by atoms with Gasteiger partial charge < -0.3 is 0 Å². The maximum absolute atomic E-state index is 14.6. The van der Waals surface area contributed by atoms with Gasteiger partial charge in [0.25, 0.3) is 5.56 Å². The van der Waals surface area contributed by atoms with E-state index in [-0.39, 0.29) is 5.56 Å². The van der Waals surface area contributed by atoms with Gasteiger partial charge in [0, 0.05) is 21.7 Å². The number of allylic oxidation sites excluding steroid dienone is 3. The highest BCUT2D eigenvalue weighted by Crippen LogP contribution is 2.39. The number of pyridine rings is 1. The fourth-order valence-corrected chi connectivity index (χ4v) is 7.07. The zero-order chi connectivity index (χ0) is 32.8. The Morgan fingerprint density at radius 3 is 1.67 bits per heavy atom. The molecule has 0 radical (unpaired) electrons. The monoisotopic (exact) mass is 618 g/mol. The number of hydrogen-bond donors (Lipinski definition) is 0. The van der Waals surface area contributed by atoms with E-state index < -0.39 is 0 Å². The molecule has 2 aromatic heterocycles. The zero-order valence-electron chi connectivity index (χ0n) is 26.7. The molecular formula is C45H34N2O. The third-order valence-corrected chi connectivity index (χ3v) is 9.43. The van der Waals surface area contributed by atoms with Gasteiger partial charge in [0.1, 0.15) is 5.65 Å². The Morgan fingerprint density at radius 1 is 0.542 bits per heavy atom. The summed E-state index contributed by atoms with van der Waals surface area (Å²) >= 11 is 0. The molecule has 0 saturated heterocycles. The Kier molecular flexibility index (Phi) is 7.30. The number of aromatic nitrogens is 2. The lowest BCUT2D eigenvalue weighted by Gasteiger charge is -2.12. The predicted octanol–water partition coefficient (Wildman–Crippen LogP) is 10.8. The van der Waals surface area contributed by atoms with E-state index in [9.17, 15) is 4.79 Å². The van der Waals surface area contributed by atoms with Gasteiger partial charge >= 0.3 is 0 Å². The van der Waals surface area contributed by atoms with Crippen molar-refractivity contribution in [2.45, 2.75) is 19.3 Å². The largest absolute Gasteiger partial charge is 0.268 e. The summed E-state index contributed by atoms with van der Waals surface area (Å²) in [7, 11) is 0. The van der Waals surface area contributed by atoms with Crippen molar-refractivity contribution < 1.29 is 0 Å². The van der Waals surface area contributed by atoms with Crippen LogP contribution in [0.15, 0.2) is 158 Å². The number of hydrogen-bond acceptors (Lipinski definition) is 2. The van der Waals surface area contributed by atoms with Gasteiger partial charge in [0.2, 0.25) is 0 Å². The van der Waals surface area contributed by atoms with Crippen LogP contribution in [-0.4, -0.2) is 9.38 Å². The highest BCUT2D eigenvalue weighted by molar-refractivity contribution is 6.19. The topological polar surface area (TPSA) is 34.4 Å². The van der Waals surface area contributed by atoms with E-state index in [1.54, 1.807) is 0 Å². The fourth-order valence-electron chi connectivity index (χ4n) is 7.07. The normalized spacial score (nSPS) is 11.5. The first-order chi connectivity index (χ1) is 23.6. The van der Waals surface area contributed by atoms with Gasteiger partial charge in [-0.3, -0.25) is 9.20 Å². The molecule has 0 fully saturated rings. The van der Waals surface area contributed by atoms with Crippen LogP contribution in [-0.2, 0) is 19.3 Å². The molecule has 0 amide bonds. The summed E-state index contributed by atoms with van der Waals surface area (Å²) in [4.78, 5) is 19.8. The molecule has 0 bridgehead atoms. The smallest absolute Gasteiger partial charge is 0.264 e. The quantitative estimate of drug-likeness (QED) is 0.151. The molecule has 8 rings (SSSR count). The Morgan fingerprint density at radius 2 is 1.08 bits per heavy atom. The van der Waals surface area contributed by atoms with Crippen molar-refractivity contribution >= 4 is 38.2 Å². The maximum Gasteiger partial charge on any atom is 0.264 e. The minimum atomic E-state index is -0.0603. The molecule has 0 aliphatic heterocycles. The van der Waals surface area contributed by atoms with Crippen molar-refractivity contribution in [1.82, 2.24) is 9.38 Å². The van der Waals surface area contributed by atoms with Crippen molar-refractivity contribution in [2.75, 3.05) is 0 Å². The lowest BCUT2D eigenvalue weighted by Crippen LogP contribution is -2.13. The van der Waals surface area contributed by atoms with Crippen LogP contribution in [0.1, 0.15) is 16.7 Å². The Labute approximate surface area is 279 Å². The molecule has 8 aromatic rings. The van der Waals surface area contributed by atoms with Gasteiger partial charge in [-0.05, 0) is 87.4 Å². The first kappa shape index (κ1) is 29.3. The molecule has 3 nitrogen and oxygen atoms in total. The first-order valence-corrected chi connectivity index (χ1v) is 16.4. The maximum atomic E-state index is 14.6. The van der Waals surface area contributed by atoms with Gasteiger partial charge in [-0.1, -0.05) is 115 Å². The highest BCUT2D eigenvalue weighted by atomic mass is 16.1. The Hall–Kier alpha value is -6.06. The van der Waals surface area contributed by atoms with Crippen LogP contribution in [0.25, 0.3) is 71.6 Å². The molecule has 230 valence electrons. The van der Waals surface area contributed by atoms with Gasteiger partial charge in [0.15, 0.2) is 0 Å². The standard InChI is InChI=1S/C45H34N2O/c1-4-8-29-13-19-32(20-14-29)35-27-40(34-23-17-31(10-6-3)18-24-34)43-41(28-35)47-44(46-43)38-12-7-11-37-36(25-26-39(42(37)38)45(47)48)33-21-15-30(9-5-2)16-22-33/h4-7,11-28H,1-3,8-10H2. The Bertz CT molecular complexity index is 2570. The van der Waals surface area contributed by atoms with E-state index in [1.807, 2.05) is 28.7 Å². The van der Waals surface area contributed by atoms with Crippen LogP contribution in [0, 0.1) is 0 Å². The minimum absolute atomic E-state index is 0.0603. The molecule has 6 aromatic carbocycles. The summed E-state index contributed by atoms with van der Waals surface area (Å²) in [5, 5.41) is 3.65. The molecule has 48 heavy (non-hydrogen) atoms. The second-order valence-corrected chi connectivity index (χ2v) is 12.4. The molecule has 3 heteroatoms. The summed E-state index contributed by atoms with van der Waals surface area (Å²) in [5.41, 5.74) is 12.2. The Balaban J connectivity index is 1.41. The summed E-state index contributed by atoms with van der Waals surface area (Å²) in [5.74, 6) is 0. The average Bonchev–Trinajstić information content (AvgIpc) is 3.52. The molecule has 0 unspecified atom stereocenters. The van der Waals surface area contributed by atoms with E-state index >= 15 is 0 Å². The molecule has 0 aliphatic carbocycles. The number of imidazole rings is 1. The van der Waals surface area contributed by atoms with Crippen LogP contribution >= 0.6 is 0 Å². The third kappa shape index (κ3) is 4.83. The fraction of sp³-hybridized carbons (Fsp3) is 0.0667. The summed E-state index contributed by atoms with van der Waals surface area (Å²) in [6, 6.07) is 40.4. The minimum Gasteiger partial charge on any atom is -0.268 e. The van der Waals surface area contributed by atoms with Crippen molar-refractivity contribution in [3.8, 4) is 33.4 Å². The molecule has 0 aliphatic rings. The van der Waals surface area contributed by atoms with E-state index in [1.165, 1.54) is 16.7 Å². The molecule has 0 atom stereocenters. The summed E-state index contributed by atoms with van der Waals surface area (Å²) in [6.07, 6.45) is 8.21. The SMILES string of the molecule is C=CCc1ccc(-c2cc(-c3ccc(CC=C)cc3)c3nc4c5cccc6c(-c7ccc(CC=C)cc7)ccc(c(=O)n4c3c2)c65)cc1. The third-order valence-electron chi connectivity index (χ3n) is 9.43. The van der Waals surface area contributed by atoms with Gasteiger partial charge in [-0.25, -0.2) is 4.98 Å².